The molecule has 2 aliphatic heterocycles. The first-order valence-electron chi connectivity index (χ1n) is 42.8. The third-order valence-corrected chi connectivity index (χ3v) is 25.5. The minimum Gasteiger partial charge on any atom is -0.310 e. The van der Waals surface area contributed by atoms with Crippen LogP contribution >= 0.6 is 0 Å². The molecule has 15 aromatic carbocycles. The molecule has 0 fully saturated rings. The molecule has 4 nitrogen and oxygen atoms in total. The molecule has 0 N–H and O–H groups in total. The minimum atomic E-state index is -0.290. The van der Waals surface area contributed by atoms with Crippen LogP contribution in [-0.2, 0) is 32.5 Å². The van der Waals surface area contributed by atoms with Gasteiger partial charge >= 0.3 is 0 Å². The molecule has 2 aliphatic rings. The van der Waals surface area contributed by atoms with E-state index in [0.29, 0.717) is 0 Å². The van der Waals surface area contributed by atoms with Gasteiger partial charge in [0.15, 0.2) is 0 Å². The van der Waals surface area contributed by atoms with Crippen LogP contribution in [0.4, 0.5) is 34.1 Å². The molecule has 2 aromatic heterocycles. The van der Waals surface area contributed by atoms with E-state index in [0.717, 1.165) is 101 Å². The molecule has 0 spiro atoms. The van der Waals surface area contributed by atoms with Gasteiger partial charge in [-0.25, -0.2) is 0 Å². The lowest BCUT2D eigenvalue weighted by atomic mass is 9.33. The van der Waals surface area contributed by atoms with Crippen molar-refractivity contribution in [1.29, 1.82) is 0 Å². The molecule has 19 rings (SSSR count). The van der Waals surface area contributed by atoms with E-state index in [2.05, 4.69) is 465 Å². The topological polar surface area (TPSA) is 16.3 Å². The molecule has 0 saturated heterocycles. The Hall–Kier alpha value is -12.4. The second-order valence-corrected chi connectivity index (χ2v) is 39.9. The fourth-order valence-corrected chi connectivity index (χ4v) is 18.8. The number of anilines is 6. The summed E-state index contributed by atoms with van der Waals surface area (Å²) in [5.41, 5.74) is 38.0. The van der Waals surface area contributed by atoms with E-state index in [1.807, 2.05) is 0 Å². The van der Waals surface area contributed by atoms with Crippen molar-refractivity contribution >= 4 is 101 Å². The van der Waals surface area contributed by atoms with Crippen LogP contribution < -0.4 is 26.2 Å². The maximum atomic E-state index is 2.77. The van der Waals surface area contributed by atoms with E-state index >= 15 is 0 Å². The number of fused-ring (bicyclic) bond motifs is 10. The molecule has 0 atom stereocenters. The van der Waals surface area contributed by atoms with Crippen molar-refractivity contribution in [3.8, 4) is 78.1 Å². The zero-order chi connectivity index (χ0) is 82.7. The van der Waals surface area contributed by atoms with Crippen LogP contribution in [0.1, 0.15) is 158 Å². The van der Waals surface area contributed by atoms with Crippen LogP contribution in [0.5, 0.6) is 0 Å². The molecule has 586 valence electrons. The molecular weight excluding hydrogens is 1440 g/mol. The molecule has 0 unspecified atom stereocenters. The zero-order valence-electron chi connectivity index (χ0n) is 72.5. The summed E-state index contributed by atoms with van der Waals surface area (Å²) in [6.07, 6.45) is 0. The van der Waals surface area contributed by atoms with Crippen LogP contribution in [0.25, 0.3) is 122 Å². The Bertz CT molecular complexity index is 6350. The Balaban J connectivity index is 1.03. The van der Waals surface area contributed by atoms with Gasteiger partial charge in [0, 0.05) is 72.2 Å². The van der Waals surface area contributed by atoms with Gasteiger partial charge in [-0.05, 0) is 212 Å². The maximum absolute atomic E-state index is 2.77. The molecule has 4 heterocycles. The van der Waals surface area contributed by atoms with Gasteiger partial charge in [-0.15, -0.1) is 0 Å². The number of nitrogens with zero attached hydrogens (tertiary/aromatic N) is 4. The second kappa shape index (κ2) is 28.1. The number of rotatable bonds is 10. The SMILES string of the molecule is CC(C)(C)c1cc(-c2ccc3c(c2)N(c2c(-c4ccccc4)cc(C(C)(C)C)cc2-c2ccccc2)c2cc(-n4c5ccccc5c5cc(-n6c7ccccc7c7ccccc76)ccc54)cc4c2B3c2ccc(-c3cc(C(C)(C)C)cc(C(C)(C)C)c3)cc2N4c2c(-c3ccccc3)cc(C(C)(C)C)cc2-c2ccccc2)cc(C(C)(C)C)c1. The van der Waals surface area contributed by atoms with Gasteiger partial charge in [0.2, 0.25) is 0 Å². The average molecular weight is 1540 g/mol. The van der Waals surface area contributed by atoms with E-state index in [1.54, 1.807) is 0 Å². The Morgan fingerprint density at radius 3 is 0.815 bits per heavy atom. The third-order valence-electron chi connectivity index (χ3n) is 25.5. The van der Waals surface area contributed by atoms with E-state index < -0.39 is 0 Å². The van der Waals surface area contributed by atoms with Gasteiger partial charge in [-0.1, -0.05) is 361 Å². The third kappa shape index (κ3) is 13.3. The van der Waals surface area contributed by atoms with Gasteiger partial charge in [0.25, 0.3) is 6.71 Å². The lowest BCUT2D eigenvalue weighted by Gasteiger charge is -2.46. The Kier molecular flexibility index (Phi) is 18.1. The summed E-state index contributed by atoms with van der Waals surface area (Å²) in [6, 6.07) is 125. The van der Waals surface area contributed by atoms with Crippen molar-refractivity contribution in [3.05, 3.63) is 355 Å². The van der Waals surface area contributed by atoms with E-state index in [-0.39, 0.29) is 39.2 Å². The fraction of sp³-hybridized carbons (Fsp3) is 0.211. The standard InChI is InChI=1S/C114H107BN4/c1-109(2,3)80-57-78(58-81(63-80)110(4,5)6)76-51-54-96-102(61-76)118(107-91(72-37-23-19-24-38-72)65-84(113(13,14)15)66-92(107)73-39-25-20-26-40-73)104-70-87(117-100-50-36-33-47-90(100)95-69-86(53-56-101(95)117)116-98-48-34-31-45-88(98)89-46-32-35-49-99(89)116)71-105-106(104)115(96)97-55-52-77(79-59-82(111(7,8)9)64-83(60-79)112(10,11)12)62-103(97)119(105)108-93(74-41-27-21-28-42-74)67-85(114(16,17)18)68-94(108)75-43-29-22-30-44-75/h19-71H,1-18H3. The average Bonchev–Trinajstić information content (AvgIpc) is 1.28. The lowest BCUT2D eigenvalue weighted by Crippen LogP contribution is -2.61. The van der Waals surface area contributed by atoms with Crippen molar-refractivity contribution in [1.82, 2.24) is 9.13 Å². The van der Waals surface area contributed by atoms with Crippen LogP contribution in [-0.4, -0.2) is 15.8 Å². The Labute approximate surface area is 705 Å². The highest BCUT2D eigenvalue weighted by Gasteiger charge is 2.47. The highest BCUT2D eigenvalue weighted by Crippen LogP contribution is 2.57. The van der Waals surface area contributed by atoms with Crippen LogP contribution in [0.15, 0.2) is 322 Å². The van der Waals surface area contributed by atoms with Gasteiger partial charge in [-0.2, -0.15) is 0 Å². The summed E-state index contributed by atoms with van der Waals surface area (Å²) in [6.45, 7) is 42.3. The summed E-state index contributed by atoms with van der Waals surface area (Å²) in [4.78, 5) is 5.54. The van der Waals surface area contributed by atoms with Crippen molar-refractivity contribution in [3.63, 3.8) is 0 Å². The lowest BCUT2D eigenvalue weighted by molar-refractivity contribution is 0.568. The Morgan fingerprint density at radius 1 is 0.202 bits per heavy atom. The predicted molar refractivity (Wildman–Crippen MR) is 514 cm³/mol. The van der Waals surface area contributed by atoms with Crippen molar-refractivity contribution in [2.45, 2.75) is 157 Å². The van der Waals surface area contributed by atoms with Crippen LogP contribution in [0, 0.1) is 0 Å². The number of aromatic nitrogens is 2. The summed E-state index contributed by atoms with van der Waals surface area (Å²) < 4.78 is 5.08. The van der Waals surface area contributed by atoms with E-state index in [1.165, 1.54) is 105 Å². The monoisotopic (exact) mass is 1540 g/mol. The maximum Gasteiger partial charge on any atom is 0.252 e. The first-order valence-corrected chi connectivity index (χ1v) is 42.8. The van der Waals surface area contributed by atoms with Gasteiger partial charge in [0.1, 0.15) is 0 Å². The van der Waals surface area contributed by atoms with Crippen molar-refractivity contribution < 1.29 is 0 Å². The van der Waals surface area contributed by atoms with Crippen LogP contribution in [0.2, 0.25) is 0 Å². The molecule has 0 bridgehead atoms. The molecular formula is C114H107BN4. The molecule has 0 saturated carbocycles. The first-order chi connectivity index (χ1) is 56.8. The summed E-state index contributed by atoms with van der Waals surface area (Å²) in [7, 11) is 0. The molecule has 0 aliphatic carbocycles. The quantitative estimate of drug-likeness (QED) is 0.127. The molecule has 5 heteroatoms. The van der Waals surface area contributed by atoms with Crippen molar-refractivity contribution in [2.75, 3.05) is 9.80 Å². The largest absolute Gasteiger partial charge is 0.310 e. The fourth-order valence-electron chi connectivity index (χ4n) is 18.8. The zero-order valence-corrected chi connectivity index (χ0v) is 72.5. The number of hydrogen-bond acceptors (Lipinski definition) is 2. The minimum absolute atomic E-state index is 0.127. The molecule has 17 aromatic rings. The normalized spacial score (nSPS) is 13.2. The highest BCUT2D eigenvalue weighted by molar-refractivity contribution is 7.00. The molecule has 0 amide bonds. The van der Waals surface area contributed by atoms with E-state index in [4.69, 9.17) is 0 Å². The predicted octanol–water partition coefficient (Wildman–Crippen LogP) is 29.8. The number of para-hydroxylation sites is 3. The first kappa shape index (κ1) is 76.5. The number of benzene rings is 15. The van der Waals surface area contributed by atoms with Crippen molar-refractivity contribution in [2.24, 2.45) is 0 Å². The highest BCUT2D eigenvalue weighted by atomic mass is 15.2. The van der Waals surface area contributed by atoms with Gasteiger partial charge < -0.3 is 18.9 Å². The van der Waals surface area contributed by atoms with Crippen LogP contribution in [0.3, 0.4) is 0 Å². The molecule has 0 radical (unpaired) electrons. The van der Waals surface area contributed by atoms with E-state index in [9.17, 15) is 0 Å². The Morgan fingerprint density at radius 2 is 0.487 bits per heavy atom. The smallest absolute Gasteiger partial charge is 0.252 e. The van der Waals surface area contributed by atoms with Gasteiger partial charge in [0.05, 0.1) is 39.1 Å². The summed E-state index contributed by atoms with van der Waals surface area (Å²) >= 11 is 0. The second-order valence-electron chi connectivity index (χ2n) is 39.9. The van der Waals surface area contributed by atoms with Gasteiger partial charge in [-0.3, -0.25) is 0 Å². The summed E-state index contributed by atoms with van der Waals surface area (Å²) in [5.74, 6) is 0. The number of hydrogen-bond donors (Lipinski definition) is 0. The molecule has 119 heavy (non-hydrogen) atoms. The summed E-state index contributed by atoms with van der Waals surface area (Å²) in [5, 5.41) is 4.83.